The summed E-state index contributed by atoms with van der Waals surface area (Å²) < 4.78 is 1.51. The number of carbonyl (C=O) groups excluding carboxylic acids is 1. The highest BCUT2D eigenvalue weighted by molar-refractivity contribution is 7.10. The van der Waals surface area contributed by atoms with Crippen molar-refractivity contribution in [2.75, 3.05) is 6.54 Å². The SMILES string of the molecule is Cc1ncn(CCNC(=O)/C=C/c2cccs2)c(=O)c1C. The molecule has 2 rings (SSSR count). The highest BCUT2D eigenvalue weighted by atomic mass is 32.1. The van der Waals surface area contributed by atoms with E-state index in [1.807, 2.05) is 17.5 Å². The molecule has 1 N–H and O–H groups in total. The molecule has 2 aromatic rings. The average molecular weight is 303 g/mol. The van der Waals surface area contributed by atoms with E-state index in [1.54, 1.807) is 31.3 Å². The van der Waals surface area contributed by atoms with Crippen LogP contribution in [-0.4, -0.2) is 22.0 Å². The van der Waals surface area contributed by atoms with Crippen LogP contribution in [0.3, 0.4) is 0 Å². The average Bonchev–Trinajstić information content (AvgIpc) is 2.98. The first-order chi connectivity index (χ1) is 10.1. The van der Waals surface area contributed by atoms with Crippen LogP contribution in [0.25, 0.3) is 6.08 Å². The van der Waals surface area contributed by atoms with Gasteiger partial charge in [0.1, 0.15) is 0 Å². The Morgan fingerprint density at radius 2 is 2.29 bits per heavy atom. The van der Waals surface area contributed by atoms with Crippen LogP contribution in [0, 0.1) is 13.8 Å². The second kappa shape index (κ2) is 6.99. The molecule has 0 fully saturated rings. The minimum absolute atomic E-state index is 0.0640. The molecule has 0 spiro atoms. The highest BCUT2D eigenvalue weighted by Gasteiger charge is 2.03. The summed E-state index contributed by atoms with van der Waals surface area (Å²) in [7, 11) is 0. The quantitative estimate of drug-likeness (QED) is 0.856. The first-order valence-electron chi connectivity index (χ1n) is 6.60. The summed E-state index contributed by atoms with van der Waals surface area (Å²) in [5, 5.41) is 4.70. The van der Waals surface area contributed by atoms with Crippen molar-refractivity contribution in [2.24, 2.45) is 0 Å². The van der Waals surface area contributed by atoms with Gasteiger partial charge in [-0.25, -0.2) is 4.98 Å². The largest absolute Gasteiger partial charge is 0.351 e. The molecule has 0 unspecified atom stereocenters. The van der Waals surface area contributed by atoms with Crippen LogP contribution in [0.2, 0.25) is 0 Å². The van der Waals surface area contributed by atoms with Crippen molar-refractivity contribution in [3.05, 3.63) is 56.4 Å². The lowest BCUT2D eigenvalue weighted by atomic mass is 10.3. The zero-order chi connectivity index (χ0) is 15.2. The molecule has 1 amide bonds. The number of nitrogens with zero attached hydrogens (tertiary/aromatic N) is 2. The van der Waals surface area contributed by atoms with Gasteiger partial charge in [0.15, 0.2) is 0 Å². The van der Waals surface area contributed by atoms with Crippen LogP contribution in [0.1, 0.15) is 16.1 Å². The van der Waals surface area contributed by atoms with Crippen molar-refractivity contribution >= 4 is 23.3 Å². The molecule has 6 heteroatoms. The van der Waals surface area contributed by atoms with Gasteiger partial charge >= 0.3 is 0 Å². The minimum Gasteiger partial charge on any atom is -0.351 e. The molecule has 0 aliphatic rings. The predicted molar refractivity (Wildman–Crippen MR) is 84.3 cm³/mol. The van der Waals surface area contributed by atoms with Gasteiger partial charge < -0.3 is 5.32 Å². The third kappa shape index (κ3) is 4.13. The summed E-state index contributed by atoms with van der Waals surface area (Å²) in [6, 6.07) is 3.87. The maximum atomic E-state index is 11.9. The Kier molecular flexibility index (Phi) is 5.05. The summed E-state index contributed by atoms with van der Waals surface area (Å²) in [5.74, 6) is -0.173. The predicted octanol–water partition coefficient (Wildman–Crippen LogP) is 1.75. The number of aryl methyl sites for hydroxylation is 1. The van der Waals surface area contributed by atoms with E-state index in [0.29, 0.717) is 18.7 Å². The Balaban J connectivity index is 1.86. The standard InChI is InChI=1S/C15H17N3O2S/c1-11-12(2)17-10-18(15(11)20)8-7-16-14(19)6-5-13-4-3-9-21-13/h3-6,9-10H,7-8H2,1-2H3,(H,16,19)/b6-5+. The van der Waals surface area contributed by atoms with Crippen molar-refractivity contribution in [1.82, 2.24) is 14.9 Å². The molecule has 2 aromatic heterocycles. The van der Waals surface area contributed by atoms with E-state index in [-0.39, 0.29) is 11.5 Å². The Bertz CT molecular complexity index is 702. The van der Waals surface area contributed by atoms with E-state index in [4.69, 9.17) is 0 Å². The molecular weight excluding hydrogens is 286 g/mol. The molecular formula is C15H17N3O2S. The number of nitrogens with one attached hydrogen (secondary N) is 1. The van der Waals surface area contributed by atoms with Crippen LogP contribution >= 0.6 is 11.3 Å². The Morgan fingerprint density at radius 3 is 3.00 bits per heavy atom. The van der Waals surface area contributed by atoms with E-state index >= 15 is 0 Å². The van der Waals surface area contributed by atoms with E-state index < -0.39 is 0 Å². The number of carbonyl (C=O) groups is 1. The van der Waals surface area contributed by atoms with Crippen molar-refractivity contribution in [2.45, 2.75) is 20.4 Å². The second-order valence-corrected chi connectivity index (χ2v) is 5.57. The number of amides is 1. The molecule has 0 saturated carbocycles. The zero-order valence-electron chi connectivity index (χ0n) is 12.0. The molecule has 0 aromatic carbocycles. The lowest BCUT2D eigenvalue weighted by molar-refractivity contribution is -0.116. The molecule has 0 atom stereocenters. The Labute approximate surface area is 127 Å². The van der Waals surface area contributed by atoms with Gasteiger partial charge in [-0.1, -0.05) is 6.07 Å². The molecule has 5 nitrogen and oxygen atoms in total. The third-order valence-electron chi connectivity index (χ3n) is 3.11. The van der Waals surface area contributed by atoms with Crippen LogP contribution in [0.15, 0.2) is 34.7 Å². The molecule has 0 bridgehead atoms. The minimum atomic E-state index is -0.173. The fourth-order valence-corrected chi connectivity index (χ4v) is 2.36. The molecule has 110 valence electrons. The fourth-order valence-electron chi connectivity index (χ4n) is 1.74. The van der Waals surface area contributed by atoms with Crippen molar-refractivity contribution < 1.29 is 4.79 Å². The number of hydrogen-bond acceptors (Lipinski definition) is 4. The maximum Gasteiger partial charge on any atom is 0.256 e. The summed E-state index contributed by atoms with van der Waals surface area (Å²) in [6.07, 6.45) is 4.77. The normalized spacial score (nSPS) is 11.0. The fraction of sp³-hybridized carbons (Fsp3) is 0.267. The first-order valence-corrected chi connectivity index (χ1v) is 7.48. The summed E-state index contributed by atoms with van der Waals surface area (Å²) >= 11 is 1.57. The Hall–Kier alpha value is -2.21. The van der Waals surface area contributed by atoms with Crippen molar-refractivity contribution in [3.63, 3.8) is 0 Å². The lowest BCUT2D eigenvalue weighted by Gasteiger charge is -2.07. The van der Waals surface area contributed by atoms with Gasteiger partial charge in [0, 0.05) is 35.3 Å². The van der Waals surface area contributed by atoms with Gasteiger partial charge in [0.25, 0.3) is 5.56 Å². The molecule has 2 heterocycles. The van der Waals surface area contributed by atoms with Gasteiger partial charge in [0.2, 0.25) is 5.91 Å². The van der Waals surface area contributed by atoms with Crippen LogP contribution < -0.4 is 10.9 Å². The Morgan fingerprint density at radius 1 is 1.48 bits per heavy atom. The van der Waals surface area contributed by atoms with Gasteiger partial charge in [-0.15, -0.1) is 11.3 Å². The topological polar surface area (TPSA) is 64.0 Å². The third-order valence-corrected chi connectivity index (χ3v) is 3.95. The molecule has 0 radical (unpaired) electrons. The van der Waals surface area contributed by atoms with Crippen LogP contribution in [0.5, 0.6) is 0 Å². The summed E-state index contributed by atoms with van der Waals surface area (Å²) in [4.78, 5) is 28.8. The zero-order valence-corrected chi connectivity index (χ0v) is 12.8. The van der Waals surface area contributed by atoms with E-state index in [9.17, 15) is 9.59 Å². The van der Waals surface area contributed by atoms with E-state index in [2.05, 4.69) is 10.3 Å². The first kappa shape index (κ1) is 15.2. The summed E-state index contributed by atoms with van der Waals surface area (Å²) in [5.41, 5.74) is 1.31. The molecule has 0 aliphatic heterocycles. The van der Waals surface area contributed by atoms with E-state index in [0.717, 1.165) is 10.6 Å². The van der Waals surface area contributed by atoms with Crippen molar-refractivity contribution in [1.29, 1.82) is 0 Å². The number of thiophene rings is 1. The van der Waals surface area contributed by atoms with Gasteiger partial charge in [-0.2, -0.15) is 0 Å². The smallest absolute Gasteiger partial charge is 0.256 e. The second-order valence-electron chi connectivity index (χ2n) is 4.59. The van der Waals surface area contributed by atoms with Gasteiger partial charge in [0.05, 0.1) is 6.33 Å². The highest BCUT2D eigenvalue weighted by Crippen LogP contribution is 2.09. The molecule has 0 saturated heterocycles. The van der Waals surface area contributed by atoms with Crippen LogP contribution in [0.4, 0.5) is 0 Å². The van der Waals surface area contributed by atoms with Gasteiger partial charge in [-0.3, -0.25) is 14.2 Å². The molecule has 0 aliphatic carbocycles. The van der Waals surface area contributed by atoms with E-state index in [1.165, 1.54) is 17.0 Å². The number of hydrogen-bond donors (Lipinski definition) is 1. The number of aromatic nitrogens is 2. The van der Waals surface area contributed by atoms with Crippen molar-refractivity contribution in [3.8, 4) is 0 Å². The lowest BCUT2D eigenvalue weighted by Crippen LogP contribution is -2.31. The number of rotatable bonds is 5. The molecule has 21 heavy (non-hydrogen) atoms. The maximum absolute atomic E-state index is 11.9. The van der Waals surface area contributed by atoms with Gasteiger partial charge in [-0.05, 0) is 31.4 Å². The van der Waals surface area contributed by atoms with Crippen LogP contribution in [-0.2, 0) is 11.3 Å². The monoisotopic (exact) mass is 303 g/mol. The summed E-state index contributed by atoms with van der Waals surface area (Å²) in [6.45, 7) is 4.35.